The molecule has 1 aromatic rings. The molecule has 1 N–H and O–H groups in total. The van der Waals surface area contributed by atoms with Gasteiger partial charge in [-0.1, -0.05) is 30.7 Å². The standard InChI is InChI=1S/C16H22ClN3O2/c1-3-9-19(2)11-15(21)18-13-8-10-20(16(13)22)14-7-5-4-6-12(14)17/h4-7,13H,3,8-11H2,1-2H3,(H,18,21). The summed E-state index contributed by atoms with van der Waals surface area (Å²) < 4.78 is 0. The molecule has 5 nitrogen and oxygen atoms in total. The van der Waals surface area contributed by atoms with E-state index in [0.29, 0.717) is 30.2 Å². The minimum Gasteiger partial charge on any atom is -0.343 e. The highest BCUT2D eigenvalue weighted by molar-refractivity contribution is 6.34. The lowest BCUT2D eigenvalue weighted by molar-refractivity contribution is -0.127. The first-order valence-corrected chi connectivity index (χ1v) is 7.94. The van der Waals surface area contributed by atoms with E-state index >= 15 is 0 Å². The van der Waals surface area contributed by atoms with E-state index in [9.17, 15) is 9.59 Å². The average Bonchev–Trinajstić information content (AvgIpc) is 2.81. The number of nitrogens with zero attached hydrogens (tertiary/aromatic N) is 2. The van der Waals surface area contributed by atoms with E-state index in [2.05, 4.69) is 12.2 Å². The van der Waals surface area contributed by atoms with Crippen molar-refractivity contribution in [2.45, 2.75) is 25.8 Å². The smallest absolute Gasteiger partial charge is 0.249 e. The minimum absolute atomic E-state index is 0.0976. The van der Waals surface area contributed by atoms with Crippen molar-refractivity contribution in [3.63, 3.8) is 0 Å². The quantitative estimate of drug-likeness (QED) is 0.870. The van der Waals surface area contributed by atoms with Crippen LogP contribution in [0.5, 0.6) is 0 Å². The zero-order valence-electron chi connectivity index (χ0n) is 13.0. The number of anilines is 1. The van der Waals surface area contributed by atoms with Gasteiger partial charge in [0, 0.05) is 6.54 Å². The third-order valence-electron chi connectivity index (χ3n) is 3.70. The van der Waals surface area contributed by atoms with Crippen LogP contribution < -0.4 is 10.2 Å². The van der Waals surface area contributed by atoms with E-state index in [1.54, 1.807) is 11.0 Å². The number of carbonyl (C=O) groups excluding carboxylic acids is 2. The Labute approximate surface area is 136 Å². The van der Waals surface area contributed by atoms with Gasteiger partial charge in [0.25, 0.3) is 0 Å². The maximum atomic E-state index is 12.4. The van der Waals surface area contributed by atoms with Crippen LogP contribution >= 0.6 is 11.6 Å². The lowest BCUT2D eigenvalue weighted by atomic mass is 10.2. The Morgan fingerprint density at radius 1 is 1.45 bits per heavy atom. The summed E-state index contributed by atoms with van der Waals surface area (Å²) in [6.45, 7) is 3.80. The predicted molar refractivity (Wildman–Crippen MR) is 88.1 cm³/mol. The number of likely N-dealkylation sites (N-methyl/N-ethyl adjacent to an activating group) is 1. The molecule has 0 saturated carbocycles. The van der Waals surface area contributed by atoms with Gasteiger partial charge >= 0.3 is 0 Å². The van der Waals surface area contributed by atoms with E-state index in [1.807, 2.05) is 30.1 Å². The van der Waals surface area contributed by atoms with Gasteiger partial charge in [-0.05, 0) is 38.6 Å². The Hall–Kier alpha value is -1.59. The summed E-state index contributed by atoms with van der Waals surface area (Å²) >= 11 is 6.14. The van der Waals surface area contributed by atoms with Gasteiger partial charge < -0.3 is 10.2 Å². The number of rotatable bonds is 6. The van der Waals surface area contributed by atoms with Gasteiger partial charge in [0.05, 0.1) is 17.3 Å². The van der Waals surface area contributed by atoms with Gasteiger partial charge in [0.1, 0.15) is 6.04 Å². The van der Waals surface area contributed by atoms with Crippen LogP contribution in [0.1, 0.15) is 19.8 Å². The molecule has 1 aromatic carbocycles. The summed E-state index contributed by atoms with van der Waals surface area (Å²) in [7, 11) is 1.90. The van der Waals surface area contributed by atoms with E-state index < -0.39 is 6.04 Å². The molecular weight excluding hydrogens is 302 g/mol. The summed E-state index contributed by atoms with van der Waals surface area (Å²) in [6, 6.07) is 6.80. The number of hydrogen-bond acceptors (Lipinski definition) is 3. The Kier molecular flexibility index (Phi) is 5.80. The lowest BCUT2D eigenvalue weighted by Crippen LogP contribution is -2.45. The van der Waals surface area contributed by atoms with Crippen LogP contribution in [0.3, 0.4) is 0 Å². The van der Waals surface area contributed by atoms with Gasteiger partial charge in [0.15, 0.2) is 0 Å². The summed E-state index contributed by atoms with van der Waals surface area (Å²) in [6.07, 6.45) is 1.60. The second kappa shape index (κ2) is 7.61. The molecule has 1 unspecified atom stereocenters. The molecule has 2 amide bonds. The molecule has 0 aromatic heterocycles. The first-order chi connectivity index (χ1) is 10.5. The van der Waals surface area contributed by atoms with Crippen molar-refractivity contribution in [3.05, 3.63) is 29.3 Å². The average molecular weight is 324 g/mol. The largest absolute Gasteiger partial charge is 0.343 e. The highest BCUT2D eigenvalue weighted by Gasteiger charge is 2.34. The summed E-state index contributed by atoms with van der Waals surface area (Å²) in [4.78, 5) is 28.0. The van der Waals surface area contributed by atoms with Crippen molar-refractivity contribution in [2.24, 2.45) is 0 Å². The molecule has 0 aliphatic carbocycles. The van der Waals surface area contributed by atoms with Gasteiger partial charge in [-0.15, -0.1) is 0 Å². The van der Waals surface area contributed by atoms with Crippen LogP contribution in [0.25, 0.3) is 0 Å². The fourth-order valence-electron chi connectivity index (χ4n) is 2.67. The number of hydrogen-bond donors (Lipinski definition) is 1. The first kappa shape index (κ1) is 16.8. The van der Waals surface area contributed by atoms with Crippen LogP contribution in [-0.4, -0.2) is 49.4 Å². The molecular formula is C16H22ClN3O2. The fourth-order valence-corrected chi connectivity index (χ4v) is 2.91. The minimum atomic E-state index is -0.459. The van der Waals surface area contributed by atoms with E-state index in [0.717, 1.165) is 13.0 Å². The highest BCUT2D eigenvalue weighted by atomic mass is 35.5. The monoisotopic (exact) mass is 323 g/mol. The third kappa shape index (κ3) is 3.99. The van der Waals surface area contributed by atoms with Gasteiger partial charge in [-0.3, -0.25) is 14.5 Å². The van der Waals surface area contributed by atoms with E-state index in [1.165, 1.54) is 0 Å². The van der Waals surface area contributed by atoms with Crippen LogP contribution in [0, 0.1) is 0 Å². The van der Waals surface area contributed by atoms with E-state index in [-0.39, 0.29) is 11.8 Å². The van der Waals surface area contributed by atoms with Crippen molar-refractivity contribution < 1.29 is 9.59 Å². The molecule has 1 fully saturated rings. The maximum Gasteiger partial charge on any atom is 0.249 e. The third-order valence-corrected chi connectivity index (χ3v) is 4.02. The number of nitrogens with one attached hydrogen (secondary N) is 1. The molecule has 1 heterocycles. The zero-order chi connectivity index (χ0) is 16.1. The number of benzene rings is 1. The zero-order valence-corrected chi connectivity index (χ0v) is 13.8. The van der Waals surface area contributed by atoms with E-state index in [4.69, 9.17) is 11.6 Å². The van der Waals surface area contributed by atoms with Crippen molar-refractivity contribution in [1.82, 2.24) is 10.2 Å². The molecule has 0 radical (unpaired) electrons. The molecule has 1 atom stereocenters. The molecule has 0 bridgehead atoms. The number of carbonyl (C=O) groups is 2. The van der Waals surface area contributed by atoms with Gasteiger partial charge in [-0.2, -0.15) is 0 Å². The highest BCUT2D eigenvalue weighted by Crippen LogP contribution is 2.28. The molecule has 1 aliphatic rings. The number of halogens is 1. The summed E-state index contributed by atoms with van der Waals surface area (Å²) in [5, 5.41) is 3.37. The second-order valence-corrected chi connectivity index (χ2v) is 6.00. The normalized spacial score (nSPS) is 18.1. The maximum absolute atomic E-state index is 12.4. The Morgan fingerprint density at radius 2 is 2.18 bits per heavy atom. The van der Waals surface area contributed by atoms with Crippen molar-refractivity contribution in [3.8, 4) is 0 Å². The molecule has 2 rings (SSSR count). The van der Waals surface area contributed by atoms with Crippen LogP contribution in [0.2, 0.25) is 5.02 Å². The van der Waals surface area contributed by atoms with Crippen LogP contribution in [-0.2, 0) is 9.59 Å². The van der Waals surface area contributed by atoms with Crippen molar-refractivity contribution in [2.75, 3.05) is 31.6 Å². The molecule has 22 heavy (non-hydrogen) atoms. The summed E-state index contributed by atoms with van der Waals surface area (Å²) in [5.74, 6) is -0.213. The van der Waals surface area contributed by atoms with Crippen molar-refractivity contribution in [1.29, 1.82) is 0 Å². The van der Waals surface area contributed by atoms with Gasteiger partial charge in [-0.25, -0.2) is 0 Å². The lowest BCUT2D eigenvalue weighted by Gasteiger charge is -2.19. The van der Waals surface area contributed by atoms with Crippen molar-refractivity contribution >= 4 is 29.1 Å². The van der Waals surface area contributed by atoms with Crippen LogP contribution in [0.15, 0.2) is 24.3 Å². The number of amides is 2. The molecule has 1 aliphatic heterocycles. The summed E-state index contributed by atoms with van der Waals surface area (Å²) in [5.41, 5.74) is 0.703. The molecule has 120 valence electrons. The molecule has 1 saturated heterocycles. The first-order valence-electron chi connectivity index (χ1n) is 7.56. The fraction of sp³-hybridized carbons (Fsp3) is 0.500. The number of para-hydroxylation sites is 1. The predicted octanol–water partition coefficient (Wildman–Crippen LogP) is 1.90. The molecule has 6 heteroatoms. The molecule has 0 spiro atoms. The Balaban J connectivity index is 1.94. The van der Waals surface area contributed by atoms with Crippen LogP contribution in [0.4, 0.5) is 5.69 Å². The second-order valence-electron chi connectivity index (χ2n) is 5.59. The van der Waals surface area contributed by atoms with Gasteiger partial charge in [0.2, 0.25) is 11.8 Å². The Morgan fingerprint density at radius 3 is 2.86 bits per heavy atom. The SMILES string of the molecule is CCCN(C)CC(=O)NC1CCN(c2ccccc2Cl)C1=O. The topological polar surface area (TPSA) is 52.7 Å². The Bertz CT molecular complexity index is 550.